The van der Waals surface area contributed by atoms with Gasteiger partial charge >= 0.3 is 6.01 Å². The van der Waals surface area contributed by atoms with Crippen molar-refractivity contribution >= 4 is 30.6 Å². The molecule has 9 nitrogen and oxygen atoms in total. The van der Waals surface area contributed by atoms with E-state index >= 15 is 0 Å². The van der Waals surface area contributed by atoms with Crippen molar-refractivity contribution in [2.75, 3.05) is 25.6 Å². The second-order valence-corrected chi connectivity index (χ2v) is 6.44. The van der Waals surface area contributed by atoms with Gasteiger partial charge in [-0.25, -0.2) is 9.97 Å². The zero-order valence-corrected chi connectivity index (χ0v) is 16.3. The Kier molecular flexibility index (Phi) is 6.64. The molecule has 0 amide bonds. The predicted octanol–water partition coefficient (Wildman–Crippen LogP) is 0.0503. The van der Waals surface area contributed by atoms with Gasteiger partial charge in [-0.3, -0.25) is 0 Å². The molecule has 0 aliphatic heterocycles. The molecule has 0 unspecified atom stereocenters. The molecule has 148 valence electrons. The molecule has 0 saturated heterocycles. The lowest BCUT2D eigenvalue weighted by Crippen LogP contribution is -2.20. The Bertz CT molecular complexity index is 916. The number of nitrogens with two attached hydrogens (primary N) is 1. The molecule has 0 radical (unpaired) electrons. The van der Waals surface area contributed by atoms with Crippen LogP contribution in [0, 0.1) is 0 Å². The molecule has 0 fully saturated rings. The normalized spacial score (nSPS) is 11.1. The number of aliphatic hydroxyl groups excluding tert-OH is 1. The minimum Gasteiger partial charge on any atom is -0.478 e. The minimum absolute atomic E-state index is 0.0974. The van der Waals surface area contributed by atoms with Gasteiger partial charge in [0.05, 0.1) is 25.5 Å². The number of hydrogen-bond acceptors (Lipinski definition) is 8. The number of nitrogen functional groups attached to an aromatic ring is 1. The molecule has 3 aromatic heterocycles. The van der Waals surface area contributed by atoms with Crippen molar-refractivity contribution in [1.29, 1.82) is 0 Å². The fourth-order valence-electron chi connectivity index (χ4n) is 2.69. The highest BCUT2D eigenvalue weighted by atomic mass is 16.5. The minimum atomic E-state index is 0.0974. The number of pyridine rings is 1. The molecule has 0 bridgehead atoms. The largest absolute Gasteiger partial charge is 0.478 e. The topological polar surface area (TPSA) is 121 Å². The lowest BCUT2D eigenvalue weighted by atomic mass is 10.1. The van der Waals surface area contributed by atoms with Gasteiger partial charge in [-0.2, -0.15) is 9.97 Å². The molecular weight excluding hydrogens is 359 g/mol. The van der Waals surface area contributed by atoms with E-state index in [0.29, 0.717) is 49.0 Å². The number of aromatic nitrogens is 5. The van der Waals surface area contributed by atoms with E-state index in [2.05, 4.69) is 26.9 Å². The van der Waals surface area contributed by atoms with Gasteiger partial charge in [0, 0.05) is 25.3 Å². The van der Waals surface area contributed by atoms with Crippen LogP contribution in [0.2, 0.25) is 0 Å². The van der Waals surface area contributed by atoms with Crippen LogP contribution in [0.1, 0.15) is 31.7 Å². The molecule has 0 saturated carbocycles. The SMILES string of the molecule is Bc1nc2c(N)nc(OCCCC)nc2n1Cc1ccc(OCCCO)nc1. The number of imidazole rings is 1. The third kappa shape index (κ3) is 4.69. The first-order chi connectivity index (χ1) is 13.6. The van der Waals surface area contributed by atoms with Gasteiger partial charge in [-0.15, -0.1) is 0 Å². The standard InChI is InChI=1S/C18H25BN6O3/c1-2-3-8-28-18-23-15(20)14-16(24-18)25(17(19)22-14)11-12-5-6-13(21-10-12)27-9-4-7-26/h5-6,10,26H,2-4,7-9,11,19H2,1H3,(H2,20,23,24). The van der Waals surface area contributed by atoms with E-state index in [0.717, 1.165) is 24.1 Å². The summed E-state index contributed by atoms with van der Waals surface area (Å²) in [5.41, 5.74) is 9.02. The number of fused-ring (bicyclic) bond motifs is 1. The summed E-state index contributed by atoms with van der Waals surface area (Å²) in [7, 11) is 1.90. The first kappa shape index (κ1) is 19.9. The zero-order valence-electron chi connectivity index (χ0n) is 16.3. The van der Waals surface area contributed by atoms with Crippen LogP contribution >= 0.6 is 0 Å². The smallest absolute Gasteiger partial charge is 0.320 e. The fourth-order valence-corrected chi connectivity index (χ4v) is 2.69. The molecule has 0 aliphatic rings. The van der Waals surface area contributed by atoms with Crippen molar-refractivity contribution in [3.63, 3.8) is 0 Å². The Morgan fingerprint density at radius 1 is 1.14 bits per heavy atom. The third-order valence-corrected chi connectivity index (χ3v) is 4.21. The summed E-state index contributed by atoms with van der Waals surface area (Å²) >= 11 is 0. The van der Waals surface area contributed by atoms with E-state index < -0.39 is 0 Å². The fraction of sp³-hybridized carbons (Fsp3) is 0.444. The van der Waals surface area contributed by atoms with Gasteiger partial charge in [0.2, 0.25) is 5.88 Å². The summed E-state index contributed by atoms with van der Waals surface area (Å²) < 4.78 is 13.0. The van der Waals surface area contributed by atoms with Crippen molar-refractivity contribution in [3.8, 4) is 11.9 Å². The Labute approximate surface area is 164 Å². The molecule has 3 rings (SSSR count). The Hall–Kier alpha value is -2.88. The Morgan fingerprint density at radius 3 is 2.68 bits per heavy atom. The van der Waals surface area contributed by atoms with Crippen LogP contribution in [0.25, 0.3) is 11.2 Å². The second-order valence-electron chi connectivity index (χ2n) is 6.44. The predicted molar refractivity (Wildman–Crippen MR) is 109 cm³/mol. The van der Waals surface area contributed by atoms with Crippen molar-refractivity contribution in [2.45, 2.75) is 32.7 Å². The quantitative estimate of drug-likeness (QED) is 0.372. The van der Waals surface area contributed by atoms with Crippen LogP contribution in [-0.4, -0.2) is 57.3 Å². The highest BCUT2D eigenvalue weighted by molar-refractivity contribution is 6.30. The van der Waals surface area contributed by atoms with Gasteiger partial charge in [0.25, 0.3) is 0 Å². The van der Waals surface area contributed by atoms with Crippen molar-refractivity contribution in [3.05, 3.63) is 23.9 Å². The highest BCUT2D eigenvalue weighted by Gasteiger charge is 2.15. The van der Waals surface area contributed by atoms with E-state index in [4.69, 9.17) is 20.3 Å². The summed E-state index contributed by atoms with van der Waals surface area (Å²) in [5, 5.41) is 8.81. The van der Waals surface area contributed by atoms with Gasteiger partial charge < -0.3 is 24.9 Å². The molecule has 0 aromatic carbocycles. The number of aliphatic hydroxyl groups is 1. The Balaban J connectivity index is 1.80. The number of rotatable bonds is 10. The molecule has 10 heteroatoms. The number of nitrogens with zero attached hydrogens (tertiary/aromatic N) is 5. The van der Waals surface area contributed by atoms with Gasteiger partial charge in [-0.05, 0) is 12.0 Å². The van der Waals surface area contributed by atoms with Crippen LogP contribution < -0.4 is 20.9 Å². The van der Waals surface area contributed by atoms with E-state index in [1.165, 1.54) is 0 Å². The lowest BCUT2D eigenvalue weighted by molar-refractivity contribution is 0.229. The van der Waals surface area contributed by atoms with Crippen LogP contribution in [0.4, 0.5) is 5.82 Å². The number of anilines is 1. The zero-order chi connectivity index (χ0) is 19.9. The third-order valence-electron chi connectivity index (χ3n) is 4.21. The molecular formula is C18H25BN6O3. The molecule has 0 spiro atoms. The average Bonchev–Trinajstić information content (AvgIpc) is 3.00. The first-order valence-corrected chi connectivity index (χ1v) is 9.44. The maximum atomic E-state index is 8.81. The summed E-state index contributed by atoms with van der Waals surface area (Å²) in [4.78, 5) is 17.5. The van der Waals surface area contributed by atoms with Gasteiger partial charge in [0.1, 0.15) is 5.52 Å². The summed E-state index contributed by atoms with van der Waals surface area (Å²) in [5.74, 6) is 0.840. The summed E-state index contributed by atoms with van der Waals surface area (Å²) in [6.07, 6.45) is 4.29. The number of ether oxygens (including phenoxy) is 2. The second kappa shape index (κ2) is 9.36. The molecule has 3 N–H and O–H groups in total. The summed E-state index contributed by atoms with van der Waals surface area (Å²) in [6, 6.07) is 4.02. The monoisotopic (exact) mass is 384 g/mol. The lowest BCUT2D eigenvalue weighted by Gasteiger charge is -2.09. The van der Waals surface area contributed by atoms with Gasteiger partial charge in [-0.1, -0.05) is 19.4 Å². The van der Waals surface area contributed by atoms with E-state index in [-0.39, 0.29) is 12.6 Å². The maximum absolute atomic E-state index is 8.81. The van der Waals surface area contributed by atoms with Crippen LogP contribution in [-0.2, 0) is 6.54 Å². The number of unbranched alkanes of at least 4 members (excludes halogenated alkanes) is 1. The maximum Gasteiger partial charge on any atom is 0.320 e. The van der Waals surface area contributed by atoms with Crippen LogP contribution in [0.3, 0.4) is 0 Å². The Morgan fingerprint density at radius 2 is 1.96 bits per heavy atom. The van der Waals surface area contributed by atoms with Gasteiger partial charge in [0.15, 0.2) is 19.3 Å². The molecule has 28 heavy (non-hydrogen) atoms. The van der Waals surface area contributed by atoms with E-state index in [9.17, 15) is 0 Å². The average molecular weight is 384 g/mol. The van der Waals surface area contributed by atoms with Crippen LogP contribution in [0.15, 0.2) is 18.3 Å². The van der Waals surface area contributed by atoms with Crippen molar-refractivity contribution in [1.82, 2.24) is 24.5 Å². The molecule has 0 atom stereocenters. The van der Waals surface area contributed by atoms with Crippen molar-refractivity contribution in [2.24, 2.45) is 0 Å². The molecule has 3 aromatic rings. The highest BCUT2D eigenvalue weighted by Crippen LogP contribution is 2.19. The first-order valence-electron chi connectivity index (χ1n) is 9.44. The molecule has 3 heterocycles. The summed E-state index contributed by atoms with van der Waals surface area (Å²) in [6.45, 7) is 3.72. The number of hydrogen-bond donors (Lipinski definition) is 2. The van der Waals surface area contributed by atoms with E-state index in [1.54, 1.807) is 6.20 Å². The van der Waals surface area contributed by atoms with Crippen molar-refractivity contribution < 1.29 is 14.6 Å². The van der Waals surface area contributed by atoms with Crippen LogP contribution in [0.5, 0.6) is 11.9 Å². The molecule has 0 aliphatic carbocycles. The van der Waals surface area contributed by atoms with E-state index in [1.807, 2.05) is 24.5 Å².